The van der Waals surface area contributed by atoms with E-state index < -0.39 is 0 Å². The van der Waals surface area contributed by atoms with Crippen LogP contribution in [-0.4, -0.2) is 48.7 Å². The Morgan fingerprint density at radius 3 is 3.19 bits per heavy atom. The van der Waals surface area contributed by atoms with Crippen LogP contribution in [0.1, 0.15) is 19.8 Å². The van der Waals surface area contributed by atoms with Crippen LogP contribution in [0.3, 0.4) is 0 Å². The molecule has 1 fully saturated rings. The average molecular weight is 293 g/mol. The van der Waals surface area contributed by atoms with E-state index in [0.29, 0.717) is 32.1 Å². The molecule has 2 heterocycles. The van der Waals surface area contributed by atoms with Gasteiger partial charge in [-0.2, -0.15) is 0 Å². The molecule has 1 amide bonds. The Kier molecular flexibility index (Phi) is 5.74. The third-order valence-electron chi connectivity index (χ3n) is 3.48. The zero-order valence-corrected chi connectivity index (χ0v) is 12.4. The molecular formula is C14H23N5O2. The number of carbonyl (C=O) groups excluding carboxylic acids is 1. The number of hydrogen-bond acceptors (Lipinski definition) is 6. The molecule has 0 bridgehead atoms. The summed E-state index contributed by atoms with van der Waals surface area (Å²) in [6, 6.07) is 1.82. The number of aromatic nitrogens is 2. The predicted molar refractivity (Wildman–Crippen MR) is 80.2 cm³/mol. The van der Waals surface area contributed by atoms with Gasteiger partial charge in [0.2, 0.25) is 11.8 Å². The van der Waals surface area contributed by atoms with Gasteiger partial charge in [0.15, 0.2) is 0 Å². The van der Waals surface area contributed by atoms with Crippen molar-refractivity contribution in [2.45, 2.75) is 19.8 Å². The summed E-state index contributed by atoms with van der Waals surface area (Å²) in [7, 11) is 0. The molecule has 1 aromatic heterocycles. The van der Waals surface area contributed by atoms with Crippen LogP contribution in [0.25, 0.3) is 0 Å². The van der Waals surface area contributed by atoms with Gasteiger partial charge < -0.3 is 20.7 Å². The van der Waals surface area contributed by atoms with Gasteiger partial charge in [-0.1, -0.05) is 0 Å². The summed E-state index contributed by atoms with van der Waals surface area (Å²) in [5.41, 5.74) is 5.41. The van der Waals surface area contributed by atoms with Gasteiger partial charge in [-0.25, -0.2) is 9.97 Å². The molecule has 21 heavy (non-hydrogen) atoms. The lowest BCUT2D eigenvalue weighted by Gasteiger charge is -2.32. The fourth-order valence-electron chi connectivity index (χ4n) is 2.47. The number of hydrogen-bond donors (Lipinski definition) is 2. The van der Waals surface area contributed by atoms with Gasteiger partial charge in [0.25, 0.3) is 0 Å². The lowest BCUT2D eigenvalue weighted by atomic mass is 9.97. The monoisotopic (exact) mass is 293 g/mol. The largest absolute Gasteiger partial charge is 0.478 e. The van der Waals surface area contributed by atoms with Crippen molar-refractivity contribution in [3.63, 3.8) is 0 Å². The molecule has 1 unspecified atom stereocenters. The van der Waals surface area contributed by atoms with Crippen molar-refractivity contribution < 1.29 is 9.53 Å². The zero-order chi connectivity index (χ0) is 15.1. The normalized spacial score (nSPS) is 18.4. The predicted octanol–water partition coefficient (Wildman–Crippen LogP) is 0.167. The Morgan fingerprint density at radius 2 is 2.43 bits per heavy atom. The maximum absolute atomic E-state index is 12.1. The highest BCUT2D eigenvalue weighted by Gasteiger charge is 2.26. The number of anilines is 1. The van der Waals surface area contributed by atoms with Crippen LogP contribution in [0, 0.1) is 5.92 Å². The standard InChI is InChI=1S/C14H23N5O2/c1-2-21-13-8-12(17-10-18-13)19-7-3-4-11(9-19)14(20)16-6-5-15/h8,10-11H,2-7,9,15H2,1H3,(H,16,20). The molecule has 7 heteroatoms. The van der Waals surface area contributed by atoms with E-state index in [-0.39, 0.29) is 11.8 Å². The minimum atomic E-state index is -0.0178. The Labute approximate surface area is 124 Å². The molecule has 2 rings (SSSR count). The Morgan fingerprint density at radius 1 is 1.57 bits per heavy atom. The molecule has 1 saturated heterocycles. The molecule has 0 saturated carbocycles. The van der Waals surface area contributed by atoms with E-state index in [9.17, 15) is 4.79 Å². The van der Waals surface area contributed by atoms with Crippen LogP contribution < -0.4 is 20.7 Å². The quantitative estimate of drug-likeness (QED) is 0.776. The van der Waals surface area contributed by atoms with Crippen molar-refractivity contribution in [2.75, 3.05) is 37.7 Å². The number of carbonyl (C=O) groups is 1. The lowest BCUT2D eigenvalue weighted by molar-refractivity contribution is -0.125. The molecule has 0 radical (unpaired) electrons. The van der Waals surface area contributed by atoms with Crippen LogP contribution in [0.2, 0.25) is 0 Å². The zero-order valence-electron chi connectivity index (χ0n) is 12.4. The summed E-state index contributed by atoms with van der Waals surface area (Å²) in [4.78, 5) is 22.5. The first-order valence-electron chi connectivity index (χ1n) is 7.42. The summed E-state index contributed by atoms with van der Waals surface area (Å²) in [5.74, 6) is 1.43. The number of amides is 1. The Balaban J connectivity index is 2.00. The fourth-order valence-corrected chi connectivity index (χ4v) is 2.47. The SMILES string of the molecule is CCOc1cc(N2CCCC(C(=O)NCCN)C2)ncn1. The number of rotatable bonds is 6. The third-order valence-corrected chi connectivity index (χ3v) is 3.48. The lowest BCUT2D eigenvalue weighted by Crippen LogP contribution is -2.44. The third kappa shape index (κ3) is 4.29. The number of nitrogens with two attached hydrogens (primary N) is 1. The van der Waals surface area contributed by atoms with Gasteiger partial charge in [-0.15, -0.1) is 0 Å². The molecule has 1 aliphatic heterocycles. The molecule has 1 aromatic rings. The van der Waals surface area contributed by atoms with Crippen molar-refractivity contribution in [3.8, 4) is 5.88 Å². The maximum atomic E-state index is 12.1. The molecule has 116 valence electrons. The highest BCUT2D eigenvalue weighted by molar-refractivity contribution is 5.79. The highest BCUT2D eigenvalue weighted by atomic mass is 16.5. The Hall–Kier alpha value is -1.89. The maximum Gasteiger partial charge on any atom is 0.224 e. The molecule has 1 aliphatic rings. The summed E-state index contributed by atoms with van der Waals surface area (Å²) in [6.07, 6.45) is 3.36. The van der Waals surface area contributed by atoms with Crippen molar-refractivity contribution >= 4 is 11.7 Å². The van der Waals surface area contributed by atoms with E-state index in [4.69, 9.17) is 10.5 Å². The van der Waals surface area contributed by atoms with Crippen LogP contribution in [0.5, 0.6) is 5.88 Å². The molecule has 3 N–H and O–H groups in total. The summed E-state index contributed by atoms with van der Waals surface area (Å²) >= 11 is 0. The van der Waals surface area contributed by atoms with Crippen molar-refractivity contribution in [3.05, 3.63) is 12.4 Å². The second kappa shape index (κ2) is 7.78. The Bertz CT molecular complexity index is 468. The topological polar surface area (TPSA) is 93.4 Å². The number of ether oxygens (including phenoxy) is 1. The van der Waals surface area contributed by atoms with E-state index in [1.807, 2.05) is 13.0 Å². The van der Waals surface area contributed by atoms with Gasteiger partial charge in [0, 0.05) is 32.2 Å². The second-order valence-electron chi connectivity index (χ2n) is 5.01. The van der Waals surface area contributed by atoms with E-state index in [1.54, 1.807) is 0 Å². The smallest absolute Gasteiger partial charge is 0.224 e. The van der Waals surface area contributed by atoms with Crippen molar-refractivity contribution in [1.82, 2.24) is 15.3 Å². The molecule has 0 aromatic carbocycles. The summed E-state index contributed by atoms with van der Waals surface area (Å²) in [5, 5.41) is 2.86. The average Bonchev–Trinajstić information content (AvgIpc) is 2.53. The molecule has 7 nitrogen and oxygen atoms in total. The molecule has 0 aliphatic carbocycles. The first-order valence-corrected chi connectivity index (χ1v) is 7.42. The van der Waals surface area contributed by atoms with Crippen LogP contribution in [0.4, 0.5) is 5.82 Å². The molecule has 0 spiro atoms. The van der Waals surface area contributed by atoms with Gasteiger partial charge >= 0.3 is 0 Å². The van der Waals surface area contributed by atoms with Crippen LogP contribution >= 0.6 is 0 Å². The number of piperidine rings is 1. The van der Waals surface area contributed by atoms with E-state index in [0.717, 1.165) is 25.2 Å². The van der Waals surface area contributed by atoms with E-state index in [2.05, 4.69) is 20.2 Å². The van der Waals surface area contributed by atoms with E-state index >= 15 is 0 Å². The minimum Gasteiger partial charge on any atom is -0.478 e. The van der Waals surface area contributed by atoms with Crippen molar-refractivity contribution in [2.24, 2.45) is 11.7 Å². The van der Waals surface area contributed by atoms with Crippen LogP contribution in [-0.2, 0) is 4.79 Å². The number of nitrogens with zero attached hydrogens (tertiary/aromatic N) is 3. The van der Waals surface area contributed by atoms with Gasteiger partial charge in [-0.3, -0.25) is 4.79 Å². The number of nitrogens with one attached hydrogen (secondary N) is 1. The van der Waals surface area contributed by atoms with E-state index in [1.165, 1.54) is 6.33 Å². The van der Waals surface area contributed by atoms with Crippen molar-refractivity contribution in [1.29, 1.82) is 0 Å². The van der Waals surface area contributed by atoms with Gasteiger partial charge in [0.05, 0.1) is 12.5 Å². The first-order chi connectivity index (χ1) is 10.2. The second-order valence-corrected chi connectivity index (χ2v) is 5.01. The van der Waals surface area contributed by atoms with Gasteiger partial charge in [0.1, 0.15) is 12.1 Å². The van der Waals surface area contributed by atoms with Gasteiger partial charge in [-0.05, 0) is 19.8 Å². The summed E-state index contributed by atoms with van der Waals surface area (Å²) in [6.45, 7) is 5.03. The highest BCUT2D eigenvalue weighted by Crippen LogP contribution is 2.23. The molecular weight excluding hydrogens is 270 g/mol. The van der Waals surface area contributed by atoms with Crippen LogP contribution in [0.15, 0.2) is 12.4 Å². The molecule has 1 atom stereocenters. The minimum absolute atomic E-state index is 0.0178. The fraction of sp³-hybridized carbons (Fsp3) is 0.643. The first kappa shape index (κ1) is 15.5. The summed E-state index contributed by atoms with van der Waals surface area (Å²) < 4.78 is 5.39.